The normalized spacial score (nSPS) is 11.3. The van der Waals surface area contributed by atoms with Gasteiger partial charge < -0.3 is 10.1 Å². The van der Waals surface area contributed by atoms with Crippen LogP contribution in [0.2, 0.25) is 0 Å². The van der Waals surface area contributed by atoms with E-state index in [0.29, 0.717) is 35.7 Å². The lowest BCUT2D eigenvalue weighted by Crippen LogP contribution is -2.07. The number of H-pyrrole nitrogens is 1. The Morgan fingerprint density at radius 2 is 2.05 bits per heavy atom. The summed E-state index contributed by atoms with van der Waals surface area (Å²) in [5, 5.41) is 10.4. The number of hydrogen-bond acceptors (Lipinski definition) is 2. The Bertz CT molecular complexity index is 622. The first-order valence-corrected chi connectivity index (χ1v) is 6.20. The minimum absolute atomic E-state index is 0.0950. The molecule has 1 aromatic heterocycles. The molecule has 0 saturated carbocycles. The number of fused-ring (bicyclic) bond motifs is 1. The molecule has 2 aromatic rings. The van der Waals surface area contributed by atoms with E-state index in [-0.39, 0.29) is 17.7 Å². The first kappa shape index (κ1) is 13.5. The van der Waals surface area contributed by atoms with Crippen LogP contribution in [-0.4, -0.2) is 16.5 Å². The van der Waals surface area contributed by atoms with Crippen molar-refractivity contribution >= 4 is 10.9 Å². The monoisotopic (exact) mass is 267 g/mol. The SMILES string of the molecule is O=c1cc(CCCCC(F)F)c2c(O)cccc2[nH]1. The molecule has 5 heteroatoms. The molecule has 0 aliphatic rings. The van der Waals surface area contributed by atoms with E-state index < -0.39 is 6.43 Å². The van der Waals surface area contributed by atoms with Crippen molar-refractivity contribution in [2.24, 2.45) is 0 Å². The van der Waals surface area contributed by atoms with Crippen LogP contribution in [0.25, 0.3) is 10.9 Å². The number of rotatable bonds is 5. The van der Waals surface area contributed by atoms with Crippen LogP contribution < -0.4 is 5.56 Å². The summed E-state index contributed by atoms with van der Waals surface area (Å²) >= 11 is 0. The molecule has 0 unspecified atom stereocenters. The van der Waals surface area contributed by atoms with Crippen molar-refractivity contribution in [2.75, 3.05) is 0 Å². The lowest BCUT2D eigenvalue weighted by Gasteiger charge is -2.07. The minimum atomic E-state index is -2.29. The molecule has 0 fully saturated rings. The standard InChI is InChI=1S/C14H15F2NO2/c15-12(16)7-2-1-4-9-8-13(19)17-10-5-3-6-11(18)14(9)10/h3,5-6,8,12,18H,1-2,4,7H2,(H,17,19). The number of unbranched alkanes of at least 4 members (excludes halogenated alkanes) is 1. The van der Waals surface area contributed by atoms with E-state index >= 15 is 0 Å². The number of aromatic hydroxyl groups is 1. The highest BCUT2D eigenvalue weighted by Gasteiger charge is 2.08. The van der Waals surface area contributed by atoms with Gasteiger partial charge in [-0.25, -0.2) is 8.78 Å². The van der Waals surface area contributed by atoms with E-state index in [0.717, 1.165) is 0 Å². The van der Waals surface area contributed by atoms with Gasteiger partial charge in [0.1, 0.15) is 5.75 Å². The number of benzene rings is 1. The number of phenolic OH excluding ortho intramolecular Hbond substituents is 1. The fraction of sp³-hybridized carbons (Fsp3) is 0.357. The van der Waals surface area contributed by atoms with Gasteiger partial charge in [-0.2, -0.15) is 0 Å². The third kappa shape index (κ3) is 3.30. The van der Waals surface area contributed by atoms with Crippen LogP contribution in [0.15, 0.2) is 29.1 Å². The first-order chi connectivity index (χ1) is 9.08. The zero-order valence-corrected chi connectivity index (χ0v) is 10.3. The van der Waals surface area contributed by atoms with E-state index in [9.17, 15) is 18.7 Å². The van der Waals surface area contributed by atoms with Crippen LogP contribution in [0, 0.1) is 0 Å². The van der Waals surface area contributed by atoms with Crippen molar-refractivity contribution < 1.29 is 13.9 Å². The van der Waals surface area contributed by atoms with Gasteiger partial charge in [0, 0.05) is 17.9 Å². The van der Waals surface area contributed by atoms with Crippen molar-refractivity contribution in [2.45, 2.75) is 32.1 Å². The summed E-state index contributed by atoms with van der Waals surface area (Å²) in [4.78, 5) is 14.1. The fourth-order valence-corrected chi connectivity index (χ4v) is 2.19. The van der Waals surface area contributed by atoms with E-state index in [4.69, 9.17) is 0 Å². The number of aromatic nitrogens is 1. The molecule has 0 aliphatic heterocycles. The summed E-state index contributed by atoms with van der Waals surface area (Å²) in [5.41, 5.74) is 1.02. The molecule has 0 atom stereocenters. The number of nitrogens with one attached hydrogen (secondary N) is 1. The molecule has 1 heterocycles. The van der Waals surface area contributed by atoms with Crippen LogP contribution in [-0.2, 0) is 6.42 Å². The summed E-state index contributed by atoms with van der Waals surface area (Å²) in [6, 6.07) is 6.32. The van der Waals surface area contributed by atoms with Crippen LogP contribution in [0.4, 0.5) is 8.78 Å². The second-order valence-electron chi connectivity index (χ2n) is 4.50. The Balaban J connectivity index is 2.24. The zero-order valence-electron chi connectivity index (χ0n) is 10.3. The van der Waals surface area contributed by atoms with E-state index in [2.05, 4.69) is 4.98 Å². The van der Waals surface area contributed by atoms with Gasteiger partial charge >= 0.3 is 0 Å². The molecule has 0 aliphatic carbocycles. The largest absolute Gasteiger partial charge is 0.507 e. The second-order valence-corrected chi connectivity index (χ2v) is 4.50. The van der Waals surface area contributed by atoms with Crippen molar-refractivity contribution in [3.63, 3.8) is 0 Å². The van der Waals surface area contributed by atoms with Crippen molar-refractivity contribution in [3.8, 4) is 5.75 Å². The highest BCUT2D eigenvalue weighted by atomic mass is 19.3. The van der Waals surface area contributed by atoms with E-state index in [1.165, 1.54) is 6.07 Å². The molecule has 0 saturated heterocycles. The molecule has 3 nitrogen and oxygen atoms in total. The maximum atomic E-state index is 12.0. The van der Waals surface area contributed by atoms with Crippen LogP contribution >= 0.6 is 0 Å². The average Bonchev–Trinajstić information content (AvgIpc) is 2.33. The zero-order chi connectivity index (χ0) is 13.8. The third-order valence-corrected chi connectivity index (χ3v) is 3.05. The van der Waals surface area contributed by atoms with Gasteiger partial charge in [-0.05, 0) is 37.0 Å². The summed E-state index contributed by atoms with van der Waals surface area (Å²) in [5.74, 6) is 0.0950. The average molecular weight is 267 g/mol. The fourth-order valence-electron chi connectivity index (χ4n) is 2.19. The summed E-state index contributed by atoms with van der Waals surface area (Å²) in [7, 11) is 0. The number of aryl methyl sites for hydroxylation is 1. The number of aromatic amines is 1. The first-order valence-electron chi connectivity index (χ1n) is 6.20. The lowest BCUT2D eigenvalue weighted by molar-refractivity contribution is 0.134. The Labute approximate surface area is 108 Å². The highest BCUT2D eigenvalue weighted by Crippen LogP contribution is 2.26. The molecular formula is C14H15F2NO2. The Hall–Kier alpha value is -1.91. The predicted octanol–water partition coefficient (Wildman–Crippen LogP) is 3.21. The summed E-state index contributed by atoms with van der Waals surface area (Å²) in [6.45, 7) is 0. The molecule has 1 aromatic carbocycles. The number of pyridine rings is 1. The second kappa shape index (κ2) is 5.82. The molecule has 102 valence electrons. The van der Waals surface area contributed by atoms with Gasteiger partial charge in [-0.15, -0.1) is 0 Å². The number of halogens is 2. The predicted molar refractivity (Wildman–Crippen MR) is 69.8 cm³/mol. The summed E-state index contributed by atoms with van der Waals surface area (Å²) < 4.78 is 24.1. The minimum Gasteiger partial charge on any atom is -0.507 e. The third-order valence-electron chi connectivity index (χ3n) is 3.05. The Morgan fingerprint density at radius 3 is 2.79 bits per heavy atom. The topological polar surface area (TPSA) is 53.1 Å². The molecule has 0 radical (unpaired) electrons. The van der Waals surface area contributed by atoms with Crippen molar-refractivity contribution in [1.29, 1.82) is 0 Å². The maximum absolute atomic E-state index is 12.0. The highest BCUT2D eigenvalue weighted by molar-refractivity contribution is 5.87. The number of phenols is 1. The van der Waals surface area contributed by atoms with Crippen molar-refractivity contribution in [3.05, 3.63) is 40.2 Å². The van der Waals surface area contributed by atoms with Crippen molar-refractivity contribution in [1.82, 2.24) is 4.98 Å². The smallest absolute Gasteiger partial charge is 0.248 e. The van der Waals surface area contributed by atoms with Gasteiger partial charge in [-0.3, -0.25) is 4.79 Å². The summed E-state index contributed by atoms with van der Waals surface area (Å²) in [6.07, 6.45) is -0.946. The van der Waals surface area contributed by atoms with Crippen LogP contribution in [0.5, 0.6) is 5.75 Å². The van der Waals surface area contributed by atoms with Gasteiger partial charge in [0.25, 0.3) is 0 Å². The van der Waals surface area contributed by atoms with E-state index in [1.807, 2.05) is 0 Å². The number of alkyl halides is 2. The Morgan fingerprint density at radius 1 is 1.26 bits per heavy atom. The molecule has 0 amide bonds. The Kier molecular flexibility index (Phi) is 4.14. The van der Waals surface area contributed by atoms with Crippen LogP contribution in [0.1, 0.15) is 24.8 Å². The lowest BCUT2D eigenvalue weighted by atomic mass is 10.0. The van der Waals surface area contributed by atoms with E-state index in [1.54, 1.807) is 18.2 Å². The van der Waals surface area contributed by atoms with Gasteiger partial charge in [0.05, 0.1) is 5.52 Å². The molecule has 19 heavy (non-hydrogen) atoms. The van der Waals surface area contributed by atoms with Gasteiger partial charge in [-0.1, -0.05) is 6.07 Å². The molecule has 2 N–H and O–H groups in total. The maximum Gasteiger partial charge on any atom is 0.248 e. The molecule has 0 spiro atoms. The number of hydrogen-bond donors (Lipinski definition) is 2. The molecule has 2 rings (SSSR count). The van der Waals surface area contributed by atoms with Crippen LogP contribution in [0.3, 0.4) is 0 Å². The molecule has 0 bridgehead atoms. The quantitative estimate of drug-likeness (QED) is 0.817. The van der Waals surface area contributed by atoms with Gasteiger partial charge in [0.15, 0.2) is 0 Å². The molecular weight excluding hydrogens is 252 g/mol. The van der Waals surface area contributed by atoms with Gasteiger partial charge in [0.2, 0.25) is 12.0 Å².